The number of hydrogen-bond acceptors (Lipinski definition) is 3. The summed E-state index contributed by atoms with van der Waals surface area (Å²) in [7, 11) is 0. The molecule has 0 aliphatic heterocycles. The smallest absolute Gasteiger partial charge is 0.290 e. The van der Waals surface area contributed by atoms with Crippen LogP contribution in [-0.4, -0.2) is 9.97 Å². The van der Waals surface area contributed by atoms with Crippen LogP contribution in [0.25, 0.3) is 0 Å². The maximum atomic E-state index is 11.4. The highest BCUT2D eigenvalue weighted by molar-refractivity contribution is 5.35. The van der Waals surface area contributed by atoms with Gasteiger partial charge >= 0.3 is 0 Å². The van der Waals surface area contributed by atoms with Crippen molar-refractivity contribution in [2.75, 3.05) is 5.32 Å². The van der Waals surface area contributed by atoms with Gasteiger partial charge in [-0.15, -0.1) is 0 Å². The van der Waals surface area contributed by atoms with Gasteiger partial charge in [-0.2, -0.15) is 0 Å². The van der Waals surface area contributed by atoms with Crippen molar-refractivity contribution in [3.8, 4) is 0 Å². The number of aromatic amines is 1. The molecule has 1 aromatic heterocycles. The van der Waals surface area contributed by atoms with E-state index in [2.05, 4.69) is 15.3 Å². The zero-order valence-electron chi connectivity index (χ0n) is 8.97. The SMILES string of the molecule is CC(Nc1ncc[nH]c1=O)c1ccccc1. The normalized spacial score (nSPS) is 12.1. The van der Waals surface area contributed by atoms with Crippen molar-refractivity contribution in [2.45, 2.75) is 13.0 Å². The van der Waals surface area contributed by atoms with Gasteiger partial charge in [0.1, 0.15) is 0 Å². The number of aromatic nitrogens is 2. The fraction of sp³-hybridized carbons (Fsp3) is 0.167. The van der Waals surface area contributed by atoms with Gasteiger partial charge in [0.25, 0.3) is 5.56 Å². The van der Waals surface area contributed by atoms with Gasteiger partial charge in [-0.1, -0.05) is 30.3 Å². The second-order valence-electron chi connectivity index (χ2n) is 3.54. The molecule has 0 amide bonds. The Balaban J connectivity index is 2.17. The van der Waals surface area contributed by atoms with Gasteiger partial charge in [-0.3, -0.25) is 4.79 Å². The Labute approximate surface area is 93.4 Å². The number of benzene rings is 1. The zero-order valence-corrected chi connectivity index (χ0v) is 8.97. The molecule has 2 aromatic rings. The Hall–Kier alpha value is -2.10. The third-order valence-corrected chi connectivity index (χ3v) is 2.36. The summed E-state index contributed by atoms with van der Waals surface area (Å²) in [4.78, 5) is 18.0. The molecule has 2 N–H and O–H groups in total. The first-order valence-corrected chi connectivity index (χ1v) is 5.12. The van der Waals surface area contributed by atoms with Crippen LogP contribution in [0.4, 0.5) is 5.82 Å². The number of rotatable bonds is 3. The molecule has 0 saturated carbocycles. The first kappa shape index (κ1) is 10.4. The predicted octanol–water partition coefficient (Wildman–Crippen LogP) is 1.94. The third kappa shape index (κ3) is 2.28. The van der Waals surface area contributed by atoms with Crippen LogP contribution in [0.1, 0.15) is 18.5 Å². The number of anilines is 1. The summed E-state index contributed by atoms with van der Waals surface area (Å²) in [6, 6.07) is 9.97. The van der Waals surface area contributed by atoms with Gasteiger partial charge in [0, 0.05) is 12.4 Å². The van der Waals surface area contributed by atoms with Gasteiger partial charge in [0.05, 0.1) is 6.04 Å². The number of H-pyrrole nitrogens is 1. The fourth-order valence-corrected chi connectivity index (χ4v) is 1.48. The maximum absolute atomic E-state index is 11.4. The van der Waals surface area contributed by atoms with E-state index in [0.29, 0.717) is 5.82 Å². The summed E-state index contributed by atoms with van der Waals surface area (Å²) >= 11 is 0. The molecule has 82 valence electrons. The van der Waals surface area contributed by atoms with Crippen LogP contribution in [0.2, 0.25) is 0 Å². The second kappa shape index (κ2) is 4.61. The van der Waals surface area contributed by atoms with E-state index in [4.69, 9.17) is 0 Å². The van der Waals surface area contributed by atoms with Crippen LogP contribution >= 0.6 is 0 Å². The van der Waals surface area contributed by atoms with Crippen molar-refractivity contribution >= 4 is 5.82 Å². The van der Waals surface area contributed by atoms with Crippen LogP contribution in [-0.2, 0) is 0 Å². The third-order valence-electron chi connectivity index (χ3n) is 2.36. The maximum Gasteiger partial charge on any atom is 0.290 e. The Bertz CT molecular complexity index is 507. The molecule has 0 saturated heterocycles. The first-order chi connectivity index (χ1) is 7.77. The van der Waals surface area contributed by atoms with Crippen LogP contribution < -0.4 is 10.9 Å². The molecule has 1 unspecified atom stereocenters. The molecule has 16 heavy (non-hydrogen) atoms. The molecule has 0 bridgehead atoms. The number of nitrogens with zero attached hydrogens (tertiary/aromatic N) is 1. The van der Waals surface area contributed by atoms with E-state index < -0.39 is 0 Å². The van der Waals surface area contributed by atoms with Crippen LogP contribution in [0, 0.1) is 0 Å². The van der Waals surface area contributed by atoms with Crippen LogP contribution in [0.3, 0.4) is 0 Å². The van der Waals surface area contributed by atoms with E-state index in [9.17, 15) is 4.79 Å². The molecule has 2 rings (SSSR count). The highest BCUT2D eigenvalue weighted by Crippen LogP contribution is 2.14. The molecule has 0 fully saturated rings. The fourth-order valence-electron chi connectivity index (χ4n) is 1.48. The summed E-state index contributed by atoms with van der Waals surface area (Å²) in [5.41, 5.74) is 0.915. The summed E-state index contributed by atoms with van der Waals surface area (Å²) in [6.07, 6.45) is 3.07. The van der Waals surface area contributed by atoms with Crippen LogP contribution in [0.15, 0.2) is 47.5 Å². The molecule has 1 atom stereocenters. The van der Waals surface area contributed by atoms with E-state index in [1.165, 1.54) is 6.20 Å². The van der Waals surface area contributed by atoms with Crippen molar-refractivity contribution in [3.05, 3.63) is 58.6 Å². The summed E-state index contributed by atoms with van der Waals surface area (Å²) in [6.45, 7) is 1.99. The van der Waals surface area contributed by atoms with E-state index in [1.54, 1.807) is 6.20 Å². The predicted molar refractivity (Wildman–Crippen MR) is 63.3 cm³/mol. The largest absolute Gasteiger partial charge is 0.359 e. The van der Waals surface area contributed by atoms with E-state index >= 15 is 0 Å². The molecule has 0 aliphatic carbocycles. The Morgan fingerprint density at radius 2 is 2.06 bits per heavy atom. The quantitative estimate of drug-likeness (QED) is 0.822. The lowest BCUT2D eigenvalue weighted by molar-refractivity contribution is 0.866. The Morgan fingerprint density at radius 1 is 1.31 bits per heavy atom. The van der Waals surface area contributed by atoms with Crippen molar-refractivity contribution in [2.24, 2.45) is 0 Å². The molecule has 4 heteroatoms. The lowest BCUT2D eigenvalue weighted by Crippen LogP contribution is -2.17. The lowest BCUT2D eigenvalue weighted by atomic mass is 10.1. The number of nitrogens with one attached hydrogen (secondary N) is 2. The average molecular weight is 215 g/mol. The summed E-state index contributed by atoms with van der Waals surface area (Å²) < 4.78 is 0. The molecule has 0 aliphatic rings. The minimum atomic E-state index is -0.203. The monoisotopic (exact) mass is 215 g/mol. The van der Waals surface area contributed by atoms with Gasteiger partial charge in [0.2, 0.25) is 0 Å². The highest BCUT2D eigenvalue weighted by Gasteiger charge is 2.07. The minimum absolute atomic E-state index is 0.0530. The highest BCUT2D eigenvalue weighted by atomic mass is 16.1. The second-order valence-corrected chi connectivity index (χ2v) is 3.54. The van der Waals surface area contributed by atoms with Gasteiger partial charge < -0.3 is 10.3 Å². The lowest BCUT2D eigenvalue weighted by Gasteiger charge is -2.13. The zero-order chi connectivity index (χ0) is 11.4. The van der Waals surface area contributed by atoms with Gasteiger partial charge in [-0.25, -0.2) is 4.98 Å². The van der Waals surface area contributed by atoms with Crippen molar-refractivity contribution in [3.63, 3.8) is 0 Å². The Morgan fingerprint density at radius 3 is 2.75 bits per heavy atom. The van der Waals surface area contributed by atoms with Crippen LogP contribution in [0.5, 0.6) is 0 Å². The summed E-state index contributed by atoms with van der Waals surface area (Å²) in [5.74, 6) is 0.346. The van der Waals surface area contributed by atoms with Crippen molar-refractivity contribution in [1.82, 2.24) is 9.97 Å². The molecule has 0 spiro atoms. The topological polar surface area (TPSA) is 57.8 Å². The molecule has 4 nitrogen and oxygen atoms in total. The van der Waals surface area contributed by atoms with E-state index in [0.717, 1.165) is 5.56 Å². The van der Waals surface area contributed by atoms with Crippen molar-refractivity contribution in [1.29, 1.82) is 0 Å². The van der Waals surface area contributed by atoms with Gasteiger partial charge in [-0.05, 0) is 12.5 Å². The van der Waals surface area contributed by atoms with E-state index in [-0.39, 0.29) is 11.6 Å². The number of hydrogen-bond donors (Lipinski definition) is 2. The standard InChI is InChI=1S/C12H13N3O/c1-9(10-5-3-2-4-6-10)15-11-12(16)14-8-7-13-11/h2-9H,1H3,(H,13,15)(H,14,16). The summed E-state index contributed by atoms with van der Waals surface area (Å²) in [5, 5.41) is 3.07. The molecular weight excluding hydrogens is 202 g/mol. The molecule has 1 aromatic carbocycles. The molecule has 0 radical (unpaired) electrons. The molecular formula is C12H13N3O. The van der Waals surface area contributed by atoms with E-state index in [1.807, 2.05) is 37.3 Å². The van der Waals surface area contributed by atoms with Crippen molar-refractivity contribution < 1.29 is 0 Å². The average Bonchev–Trinajstić information content (AvgIpc) is 2.33. The van der Waals surface area contributed by atoms with Gasteiger partial charge in [0.15, 0.2) is 5.82 Å². The first-order valence-electron chi connectivity index (χ1n) is 5.12. The Kier molecular flexibility index (Phi) is 3.00. The minimum Gasteiger partial charge on any atom is -0.359 e. The molecule has 1 heterocycles.